The van der Waals surface area contributed by atoms with E-state index in [2.05, 4.69) is 6.92 Å². The molecule has 0 aliphatic rings. The molecular weight excluding hydrogens is 302 g/mol. The van der Waals surface area contributed by atoms with Crippen LogP contribution in [-0.2, 0) is 4.79 Å². The molecule has 0 rings (SSSR count). The number of aliphatic hydroxyl groups is 5. The largest absolute Gasteiger partial charge is 0.394 e. The summed E-state index contributed by atoms with van der Waals surface area (Å²) in [6, 6.07) is -0.961. The van der Waals surface area contributed by atoms with E-state index >= 15 is 0 Å². The van der Waals surface area contributed by atoms with E-state index in [1.807, 2.05) is 6.92 Å². The number of nitrogens with zero attached hydrogens (tertiary/aromatic N) is 1. The first kappa shape index (κ1) is 22.4. The molecule has 0 fully saturated rings. The average Bonchev–Trinajstić information content (AvgIpc) is 2.56. The molecule has 1 unspecified atom stereocenters. The molecule has 5 N–H and O–H groups in total. The van der Waals surface area contributed by atoms with Gasteiger partial charge in [0.25, 0.3) is 0 Å². The van der Waals surface area contributed by atoms with Crippen molar-refractivity contribution in [2.45, 2.75) is 76.4 Å². The lowest BCUT2D eigenvalue weighted by Gasteiger charge is -2.34. The molecule has 0 amide bonds. The number of carbonyl (C=O) groups is 1. The highest BCUT2D eigenvalue weighted by Gasteiger charge is 2.39. The minimum Gasteiger partial charge on any atom is -0.394 e. The Morgan fingerprint density at radius 1 is 0.957 bits per heavy atom. The van der Waals surface area contributed by atoms with Gasteiger partial charge in [-0.05, 0) is 20.0 Å². The molecule has 5 atom stereocenters. The van der Waals surface area contributed by atoms with E-state index in [0.717, 1.165) is 19.3 Å². The Morgan fingerprint density at radius 2 is 1.57 bits per heavy atom. The zero-order valence-corrected chi connectivity index (χ0v) is 14.4. The lowest BCUT2D eigenvalue weighted by Crippen LogP contribution is -2.56. The number of unbranched alkanes of at least 4 members (excludes halogenated alkanes) is 3. The van der Waals surface area contributed by atoms with Crippen LogP contribution in [0.2, 0.25) is 0 Å². The number of ketones is 1. The molecule has 0 aliphatic heterocycles. The summed E-state index contributed by atoms with van der Waals surface area (Å²) in [6.45, 7) is 3.62. The highest BCUT2D eigenvalue weighted by atomic mass is 16.4. The van der Waals surface area contributed by atoms with E-state index in [4.69, 9.17) is 5.11 Å². The van der Waals surface area contributed by atoms with Gasteiger partial charge in [-0.15, -0.1) is 0 Å². The molecule has 0 bridgehead atoms. The first-order valence-electron chi connectivity index (χ1n) is 8.37. The van der Waals surface area contributed by atoms with Gasteiger partial charge in [0.15, 0.2) is 5.78 Å². The maximum atomic E-state index is 12.4. The fourth-order valence-corrected chi connectivity index (χ4v) is 2.49. The maximum absolute atomic E-state index is 12.4. The van der Waals surface area contributed by atoms with Crippen LogP contribution in [-0.4, -0.2) is 86.9 Å². The summed E-state index contributed by atoms with van der Waals surface area (Å²) in [6.07, 6.45) is -2.56. The number of hydrogen-bond acceptors (Lipinski definition) is 7. The normalized spacial score (nSPS) is 18.5. The van der Waals surface area contributed by atoms with Gasteiger partial charge in [0, 0.05) is 6.42 Å². The molecule has 0 spiro atoms. The van der Waals surface area contributed by atoms with Crippen molar-refractivity contribution in [3.63, 3.8) is 0 Å². The Labute approximate surface area is 138 Å². The van der Waals surface area contributed by atoms with E-state index < -0.39 is 37.1 Å². The highest BCUT2D eigenvalue weighted by molar-refractivity contribution is 5.84. The highest BCUT2D eigenvalue weighted by Crippen LogP contribution is 2.16. The summed E-state index contributed by atoms with van der Waals surface area (Å²) in [5.41, 5.74) is 0. The third kappa shape index (κ3) is 7.24. The summed E-state index contributed by atoms with van der Waals surface area (Å²) >= 11 is 0. The molecule has 0 aromatic carbocycles. The van der Waals surface area contributed by atoms with Gasteiger partial charge in [-0.25, -0.2) is 0 Å². The molecule has 0 aromatic heterocycles. The summed E-state index contributed by atoms with van der Waals surface area (Å²) in [4.78, 5) is 14.0. The van der Waals surface area contributed by atoms with Crippen molar-refractivity contribution in [2.24, 2.45) is 0 Å². The van der Waals surface area contributed by atoms with Gasteiger partial charge in [-0.1, -0.05) is 33.1 Å². The zero-order valence-electron chi connectivity index (χ0n) is 14.4. The molecule has 0 saturated heterocycles. The molecule has 7 nitrogen and oxygen atoms in total. The zero-order chi connectivity index (χ0) is 18.0. The summed E-state index contributed by atoms with van der Waals surface area (Å²) in [7, 11) is 1.65. The number of carbonyl (C=O) groups excluding carboxylic acids is 1. The van der Waals surface area contributed by atoms with Gasteiger partial charge < -0.3 is 25.5 Å². The molecule has 0 aliphatic carbocycles. The van der Waals surface area contributed by atoms with Crippen LogP contribution in [0.25, 0.3) is 0 Å². The van der Waals surface area contributed by atoms with E-state index in [9.17, 15) is 25.2 Å². The first-order chi connectivity index (χ1) is 10.8. The second-order valence-electron chi connectivity index (χ2n) is 6.02. The summed E-state index contributed by atoms with van der Waals surface area (Å²) in [5, 5.41) is 48.3. The predicted octanol–water partition coefficient (Wildman–Crippen LogP) is -0.718. The van der Waals surface area contributed by atoms with Crippen LogP contribution in [0, 0.1) is 0 Å². The van der Waals surface area contributed by atoms with E-state index in [0.29, 0.717) is 13.0 Å². The first-order valence-corrected chi connectivity index (χ1v) is 8.37. The lowest BCUT2D eigenvalue weighted by molar-refractivity contribution is -0.146. The van der Waals surface area contributed by atoms with Crippen LogP contribution < -0.4 is 0 Å². The number of hydrogen-bond donors (Lipinski definition) is 5. The van der Waals surface area contributed by atoms with Gasteiger partial charge in [0.2, 0.25) is 0 Å². The van der Waals surface area contributed by atoms with Gasteiger partial charge in [-0.3, -0.25) is 9.69 Å². The molecule has 0 aromatic rings. The van der Waals surface area contributed by atoms with Gasteiger partial charge in [0.1, 0.15) is 24.4 Å². The number of Topliss-reactive ketones (excluding diaryl/α,β-unsaturated/α-hetero) is 1. The number of likely N-dealkylation sites (N-methyl/N-ethyl adjacent to an activating group) is 1. The van der Waals surface area contributed by atoms with Crippen molar-refractivity contribution in [3.05, 3.63) is 0 Å². The van der Waals surface area contributed by atoms with Crippen molar-refractivity contribution in [1.82, 2.24) is 4.90 Å². The maximum Gasteiger partial charge on any atom is 0.152 e. The monoisotopic (exact) mass is 335 g/mol. The van der Waals surface area contributed by atoms with Crippen LogP contribution in [0.4, 0.5) is 0 Å². The van der Waals surface area contributed by atoms with Crippen molar-refractivity contribution in [2.75, 3.05) is 20.2 Å². The average molecular weight is 335 g/mol. The van der Waals surface area contributed by atoms with Gasteiger partial charge >= 0.3 is 0 Å². The topological polar surface area (TPSA) is 121 Å². The Balaban J connectivity index is 4.90. The van der Waals surface area contributed by atoms with Crippen LogP contribution in [0.3, 0.4) is 0 Å². The molecule has 0 radical (unpaired) electrons. The standard InChI is InChI=1S/C16H33NO6/c1-4-6-7-8-9-11(19)13(17(3)5-2)15(22)16(23)14(21)12(20)10-18/h12-16,18,20-23H,4-10H2,1-3H3/t12-,13?,14-,15+,16+/m1/s1. The SMILES string of the molecule is CCCCCCC(=O)C([C@H](O)[C@@H](O)[C@H](O)[C@H](O)CO)N(C)CC. The molecule has 0 saturated carbocycles. The number of aliphatic hydroxyl groups excluding tert-OH is 5. The molecule has 0 heterocycles. The van der Waals surface area contributed by atoms with Gasteiger partial charge in [0.05, 0.1) is 12.6 Å². The fraction of sp³-hybridized carbons (Fsp3) is 0.938. The van der Waals surface area contributed by atoms with E-state index in [1.54, 1.807) is 11.9 Å². The van der Waals surface area contributed by atoms with Crippen LogP contribution in [0.1, 0.15) is 46.0 Å². The quantitative estimate of drug-likeness (QED) is 0.282. The van der Waals surface area contributed by atoms with Crippen molar-refractivity contribution in [1.29, 1.82) is 0 Å². The third-order valence-electron chi connectivity index (χ3n) is 4.18. The van der Waals surface area contributed by atoms with Crippen LogP contribution >= 0.6 is 0 Å². The third-order valence-corrected chi connectivity index (χ3v) is 4.18. The smallest absolute Gasteiger partial charge is 0.152 e. The molecule has 23 heavy (non-hydrogen) atoms. The Kier molecular flexibility index (Phi) is 11.6. The van der Waals surface area contributed by atoms with E-state index in [1.165, 1.54) is 0 Å². The van der Waals surface area contributed by atoms with Crippen molar-refractivity contribution >= 4 is 5.78 Å². The Hall–Kier alpha value is -0.570. The fourth-order valence-electron chi connectivity index (χ4n) is 2.49. The Morgan fingerprint density at radius 3 is 2.04 bits per heavy atom. The Bertz CT molecular complexity index is 328. The van der Waals surface area contributed by atoms with Crippen LogP contribution in [0.15, 0.2) is 0 Å². The lowest BCUT2D eigenvalue weighted by atomic mass is 9.92. The minimum atomic E-state index is -1.73. The predicted molar refractivity (Wildman–Crippen MR) is 87.0 cm³/mol. The van der Waals surface area contributed by atoms with E-state index in [-0.39, 0.29) is 12.2 Å². The molecular formula is C16H33NO6. The molecule has 138 valence electrons. The van der Waals surface area contributed by atoms with Gasteiger partial charge in [-0.2, -0.15) is 0 Å². The van der Waals surface area contributed by atoms with Crippen LogP contribution in [0.5, 0.6) is 0 Å². The number of rotatable bonds is 13. The minimum absolute atomic E-state index is 0.206. The van der Waals surface area contributed by atoms with Crippen molar-refractivity contribution < 1.29 is 30.3 Å². The molecule has 7 heteroatoms. The summed E-state index contributed by atoms with van der Waals surface area (Å²) < 4.78 is 0. The summed E-state index contributed by atoms with van der Waals surface area (Å²) in [5.74, 6) is -0.206. The van der Waals surface area contributed by atoms with Crippen molar-refractivity contribution in [3.8, 4) is 0 Å². The second-order valence-corrected chi connectivity index (χ2v) is 6.02. The second kappa shape index (κ2) is 11.9.